The molecule has 0 saturated carbocycles. The summed E-state index contributed by atoms with van der Waals surface area (Å²) in [7, 11) is 0. The average molecular weight is 776 g/mol. The van der Waals surface area contributed by atoms with Gasteiger partial charge in [-0.25, -0.2) is 9.69 Å². The Balaban J connectivity index is 1.34. The van der Waals surface area contributed by atoms with Gasteiger partial charge in [-0.05, 0) is 113 Å². The SMILES string of the molecule is [C-]#[N+]c1ccc(-c2ccc3c4ccccc4n(-c4cc(C)c(-c5cccc(C#N)c5)cc4-n4c5ccccc5c5ccc(-c6ccc(C#N)cc6[N+]#[C-])cc54)c3c2)c(C#N)c1. The number of fused-ring (bicyclic) bond motifs is 6. The summed E-state index contributed by atoms with van der Waals surface area (Å²) < 4.78 is 4.59. The average Bonchev–Trinajstić information content (AvgIpc) is 3.82. The molecule has 2 aromatic heterocycles. The molecule has 0 radical (unpaired) electrons. The summed E-state index contributed by atoms with van der Waals surface area (Å²) in [6.07, 6.45) is 0. The van der Waals surface area contributed by atoms with E-state index in [4.69, 9.17) is 13.1 Å². The van der Waals surface area contributed by atoms with Crippen molar-refractivity contribution in [2.24, 2.45) is 0 Å². The van der Waals surface area contributed by atoms with Crippen LogP contribution < -0.4 is 0 Å². The van der Waals surface area contributed by atoms with Gasteiger partial charge in [-0.2, -0.15) is 15.8 Å². The van der Waals surface area contributed by atoms with Gasteiger partial charge in [-0.1, -0.05) is 91.0 Å². The zero-order chi connectivity index (χ0) is 41.8. The van der Waals surface area contributed by atoms with Gasteiger partial charge < -0.3 is 9.13 Å². The number of nitriles is 3. The van der Waals surface area contributed by atoms with Crippen molar-refractivity contribution in [3.05, 3.63) is 203 Å². The Bertz CT molecular complexity index is 3730. The molecule has 2 heterocycles. The summed E-state index contributed by atoms with van der Waals surface area (Å²) in [5, 5.41) is 33.9. The second kappa shape index (κ2) is 14.3. The van der Waals surface area contributed by atoms with Crippen molar-refractivity contribution in [2.75, 3.05) is 0 Å². The number of rotatable bonds is 5. The molecular weight excluding hydrogens is 747 g/mol. The molecule has 0 saturated heterocycles. The molecule has 0 fully saturated rings. The van der Waals surface area contributed by atoms with E-state index in [0.29, 0.717) is 28.1 Å². The second-order valence-electron chi connectivity index (χ2n) is 14.9. The summed E-state index contributed by atoms with van der Waals surface area (Å²) >= 11 is 0. The number of para-hydroxylation sites is 2. The van der Waals surface area contributed by atoms with Crippen LogP contribution in [0.5, 0.6) is 0 Å². The van der Waals surface area contributed by atoms with Gasteiger partial charge in [0.05, 0.1) is 70.4 Å². The van der Waals surface area contributed by atoms with Crippen molar-refractivity contribution in [3.8, 4) is 63.0 Å². The minimum Gasteiger partial charge on any atom is -0.307 e. The van der Waals surface area contributed by atoms with Crippen LogP contribution in [-0.4, -0.2) is 9.13 Å². The molecule has 7 heteroatoms. The summed E-state index contributed by atoms with van der Waals surface area (Å²) in [5.41, 5.74) is 14.0. The highest BCUT2D eigenvalue weighted by atomic mass is 15.1. The Hall–Kier alpha value is -9.19. The van der Waals surface area contributed by atoms with Gasteiger partial charge >= 0.3 is 0 Å². The van der Waals surface area contributed by atoms with E-state index in [1.54, 1.807) is 24.3 Å². The monoisotopic (exact) mass is 775 g/mol. The molecule has 0 spiro atoms. The largest absolute Gasteiger partial charge is 0.307 e. The van der Waals surface area contributed by atoms with Gasteiger partial charge in [0.1, 0.15) is 0 Å². The van der Waals surface area contributed by atoms with Crippen molar-refractivity contribution in [1.82, 2.24) is 9.13 Å². The summed E-state index contributed by atoms with van der Waals surface area (Å²) in [5.74, 6) is 0. The van der Waals surface area contributed by atoms with E-state index in [0.717, 1.165) is 93.9 Å². The maximum Gasteiger partial charge on any atom is 0.196 e. The van der Waals surface area contributed by atoms with Gasteiger partial charge in [-0.3, -0.25) is 0 Å². The zero-order valence-electron chi connectivity index (χ0n) is 32.6. The molecule has 0 atom stereocenters. The van der Waals surface area contributed by atoms with Crippen molar-refractivity contribution in [2.45, 2.75) is 6.92 Å². The molecule has 0 aliphatic heterocycles. The highest BCUT2D eigenvalue weighted by molar-refractivity contribution is 6.13. The predicted molar refractivity (Wildman–Crippen MR) is 243 cm³/mol. The molecule has 0 aliphatic carbocycles. The smallest absolute Gasteiger partial charge is 0.196 e. The van der Waals surface area contributed by atoms with Gasteiger partial charge in [0.2, 0.25) is 0 Å². The maximum atomic E-state index is 10.2. The lowest BCUT2D eigenvalue weighted by Gasteiger charge is -2.20. The number of hydrogen-bond donors (Lipinski definition) is 0. The molecule has 10 aromatic rings. The third-order valence-electron chi connectivity index (χ3n) is 11.6. The number of aromatic nitrogens is 2. The van der Waals surface area contributed by atoms with Gasteiger partial charge in [0.25, 0.3) is 0 Å². The van der Waals surface area contributed by atoms with Crippen molar-refractivity contribution in [1.29, 1.82) is 15.8 Å². The standard InChI is InChI=1S/C54H29N7/c1-33-23-53(60-49-13-6-4-11-43(49)45-20-16-37(27-51(45)60)41-22-18-40(58-2)26-39(41)32-57)54(29-47(33)36-10-8-9-34(24-36)30-55)61-50-14-7-5-12-44(50)46-21-17-38(28-52(46)61)42-19-15-35(31-56)25-48(42)59-3/h4-29H,1H3. The third-order valence-corrected chi connectivity index (χ3v) is 11.6. The third kappa shape index (κ3) is 5.77. The summed E-state index contributed by atoms with van der Waals surface area (Å²) in [4.78, 5) is 7.38. The van der Waals surface area contributed by atoms with Crippen LogP contribution in [0.25, 0.3) is 98.1 Å². The van der Waals surface area contributed by atoms with Gasteiger partial charge in [0.15, 0.2) is 11.4 Å². The molecular formula is C54H29N7. The van der Waals surface area contributed by atoms with Crippen molar-refractivity contribution >= 4 is 55.0 Å². The Morgan fingerprint density at radius 2 is 1.02 bits per heavy atom. The summed E-state index contributed by atoms with van der Waals surface area (Å²) in [6.45, 7) is 17.6. The van der Waals surface area contributed by atoms with E-state index < -0.39 is 0 Å². The molecule has 0 N–H and O–H groups in total. The lowest BCUT2D eigenvalue weighted by molar-refractivity contribution is 1.09. The number of benzene rings is 8. The topological polar surface area (TPSA) is 89.9 Å². The van der Waals surface area contributed by atoms with E-state index in [2.05, 4.69) is 105 Å². The molecule has 8 aromatic carbocycles. The zero-order valence-corrected chi connectivity index (χ0v) is 32.6. The normalized spacial score (nSPS) is 11.0. The molecule has 0 bridgehead atoms. The van der Waals surface area contributed by atoms with Crippen LogP contribution in [-0.2, 0) is 0 Å². The minimum atomic E-state index is 0.404. The Morgan fingerprint density at radius 1 is 0.443 bits per heavy atom. The molecule has 0 unspecified atom stereocenters. The number of hydrogen-bond acceptors (Lipinski definition) is 3. The Labute approximate surface area is 351 Å². The Morgan fingerprint density at radius 3 is 1.64 bits per heavy atom. The highest BCUT2D eigenvalue weighted by Gasteiger charge is 2.23. The van der Waals surface area contributed by atoms with Crippen LogP contribution in [0.4, 0.5) is 11.4 Å². The van der Waals surface area contributed by atoms with Crippen LogP contribution in [0.2, 0.25) is 0 Å². The molecule has 0 amide bonds. The minimum absolute atomic E-state index is 0.404. The van der Waals surface area contributed by atoms with E-state index in [1.807, 2.05) is 72.8 Å². The van der Waals surface area contributed by atoms with E-state index in [9.17, 15) is 15.8 Å². The molecule has 61 heavy (non-hydrogen) atoms. The van der Waals surface area contributed by atoms with Gasteiger partial charge in [-0.15, -0.1) is 0 Å². The molecule has 280 valence electrons. The van der Waals surface area contributed by atoms with Crippen molar-refractivity contribution < 1.29 is 0 Å². The van der Waals surface area contributed by atoms with Crippen molar-refractivity contribution in [3.63, 3.8) is 0 Å². The van der Waals surface area contributed by atoms with Crippen LogP contribution in [0.15, 0.2) is 158 Å². The first-order chi connectivity index (χ1) is 29.9. The van der Waals surface area contributed by atoms with E-state index in [1.165, 1.54) is 0 Å². The first-order valence-corrected chi connectivity index (χ1v) is 19.5. The van der Waals surface area contributed by atoms with Crippen LogP contribution in [0, 0.1) is 54.1 Å². The Kier molecular flexibility index (Phi) is 8.49. The second-order valence-corrected chi connectivity index (χ2v) is 14.9. The lowest BCUT2D eigenvalue weighted by atomic mass is 9.96. The predicted octanol–water partition coefficient (Wildman–Crippen LogP) is 13.9. The fourth-order valence-corrected chi connectivity index (χ4v) is 8.79. The fraction of sp³-hybridized carbons (Fsp3) is 0.0185. The van der Waals surface area contributed by atoms with E-state index in [-0.39, 0.29) is 0 Å². The molecule has 7 nitrogen and oxygen atoms in total. The quantitative estimate of drug-likeness (QED) is 0.163. The van der Waals surface area contributed by atoms with Gasteiger partial charge in [0, 0.05) is 32.7 Å². The van der Waals surface area contributed by atoms with E-state index >= 15 is 0 Å². The van der Waals surface area contributed by atoms with Crippen LogP contribution >= 0.6 is 0 Å². The number of aryl methyl sites for hydroxylation is 1. The van der Waals surface area contributed by atoms with Crippen LogP contribution in [0.3, 0.4) is 0 Å². The first kappa shape index (κ1) is 36.2. The maximum absolute atomic E-state index is 10.2. The van der Waals surface area contributed by atoms with Crippen LogP contribution in [0.1, 0.15) is 22.3 Å². The summed E-state index contributed by atoms with van der Waals surface area (Å²) in [6, 6.07) is 58.6. The number of nitrogens with zero attached hydrogens (tertiary/aromatic N) is 7. The fourth-order valence-electron chi connectivity index (χ4n) is 8.79. The molecule has 0 aliphatic rings. The first-order valence-electron chi connectivity index (χ1n) is 19.5. The highest BCUT2D eigenvalue weighted by Crippen LogP contribution is 2.43. The lowest BCUT2D eigenvalue weighted by Crippen LogP contribution is -2.05. The molecule has 10 rings (SSSR count).